The minimum absolute atomic E-state index is 0.0232. The molecule has 10 heteroatoms. The summed E-state index contributed by atoms with van der Waals surface area (Å²) in [7, 11) is -5.48. The molecule has 0 radical (unpaired) electrons. The second-order valence-electron chi connectivity index (χ2n) is 7.34. The van der Waals surface area contributed by atoms with Crippen LogP contribution >= 0.6 is 0 Å². The van der Waals surface area contributed by atoms with Crippen molar-refractivity contribution in [3.63, 3.8) is 0 Å². The molecular weight excluding hydrogens is 457 g/mol. The molecule has 0 bridgehead atoms. The number of fused-ring (bicyclic) bond motifs is 1. The SMILES string of the molecule is O=C(Nc1ccc(C(=O)N2CCc3ccccc32)cc1)c1ccc(S(=O)(=O)C(F)(F)F)cc1. The lowest BCUT2D eigenvalue weighted by Gasteiger charge is -2.17. The van der Waals surface area contributed by atoms with E-state index in [2.05, 4.69) is 5.32 Å². The summed E-state index contributed by atoms with van der Waals surface area (Å²) >= 11 is 0. The predicted octanol–water partition coefficient (Wildman–Crippen LogP) is 4.44. The van der Waals surface area contributed by atoms with Gasteiger partial charge in [-0.25, -0.2) is 8.42 Å². The first kappa shape index (κ1) is 22.5. The number of alkyl halides is 3. The molecule has 0 spiro atoms. The molecular formula is C23H17F3N2O4S. The average molecular weight is 474 g/mol. The molecule has 0 unspecified atom stereocenters. The number of para-hydroxylation sites is 1. The lowest BCUT2D eigenvalue weighted by molar-refractivity contribution is -0.0436. The normalized spacial score (nSPS) is 13.5. The Kier molecular flexibility index (Phi) is 5.71. The Balaban J connectivity index is 1.44. The minimum Gasteiger partial charge on any atom is -0.322 e. The molecule has 0 saturated heterocycles. The third-order valence-electron chi connectivity index (χ3n) is 5.25. The van der Waals surface area contributed by atoms with Crippen molar-refractivity contribution in [3.8, 4) is 0 Å². The first-order valence-corrected chi connectivity index (χ1v) is 11.3. The summed E-state index contributed by atoms with van der Waals surface area (Å²) in [6.07, 6.45) is 0.777. The molecule has 2 amide bonds. The summed E-state index contributed by atoms with van der Waals surface area (Å²) in [5.74, 6) is -0.808. The van der Waals surface area contributed by atoms with Gasteiger partial charge in [0.15, 0.2) is 0 Å². The quantitative estimate of drug-likeness (QED) is 0.606. The number of carbonyl (C=O) groups is 2. The summed E-state index contributed by atoms with van der Waals surface area (Å²) in [6.45, 7) is 0.580. The van der Waals surface area contributed by atoms with Gasteiger partial charge in [-0.15, -0.1) is 0 Å². The van der Waals surface area contributed by atoms with E-state index < -0.39 is 26.1 Å². The summed E-state index contributed by atoms with van der Waals surface area (Å²) in [6, 6.07) is 17.3. The maximum atomic E-state index is 12.9. The second kappa shape index (κ2) is 8.36. The van der Waals surface area contributed by atoms with E-state index in [1.165, 1.54) is 12.1 Å². The van der Waals surface area contributed by atoms with Crippen LogP contribution in [0.4, 0.5) is 24.5 Å². The summed E-state index contributed by atoms with van der Waals surface area (Å²) in [5.41, 5.74) is -2.67. The number of nitrogens with zero attached hydrogens (tertiary/aromatic N) is 1. The number of anilines is 2. The van der Waals surface area contributed by atoms with E-state index in [1.54, 1.807) is 17.0 Å². The Morgan fingerprint density at radius 3 is 2.09 bits per heavy atom. The highest BCUT2D eigenvalue weighted by Gasteiger charge is 2.46. The molecule has 0 aliphatic carbocycles. The van der Waals surface area contributed by atoms with Crippen molar-refractivity contribution in [2.24, 2.45) is 0 Å². The molecule has 0 fully saturated rings. The summed E-state index contributed by atoms with van der Waals surface area (Å²) < 4.78 is 60.7. The van der Waals surface area contributed by atoms with Crippen LogP contribution in [0.2, 0.25) is 0 Å². The molecule has 33 heavy (non-hydrogen) atoms. The number of halogens is 3. The Morgan fingerprint density at radius 1 is 0.848 bits per heavy atom. The van der Waals surface area contributed by atoms with Crippen molar-refractivity contribution < 1.29 is 31.2 Å². The van der Waals surface area contributed by atoms with Crippen LogP contribution in [0.25, 0.3) is 0 Å². The highest BCUT2D eigenvalue weighted by Crippen LogP contribution is 2.31. The van der Waals surface area contributed by atoms with Crippen LogP contribution in [0.5, 0.6) is 0 Å². The fourth-order valence-electron chi connectivity index (χ4n) is 3.52. The number of hydrogen-bond acceptors (Lipinski definition) is 4. The zero-order valence-corrected chi connectivity index (χ0v) is 17.8. The van der Waals surface area contributed by atoms with Crippen molar-refractivity contribution in [2.75, 3.05) is 16.8 Å². The largest absolute Gasteiger partial charge is 0.501 e. The van der Waals surface area contributed by atoms with Crippen LogP contribution in [0, 0.1) is 0 Å². The number of nitrogens with one attached hydrogen (secondary N) is 1. The molecule has 6 nitrogen and oxygen atoms in total. The molecule has 1 heterocycles. The maximum Gasteiger partial charge on any atom is 0.501 e. The first-order chi connectivity index (χ1) is 15.6. The van der Waals surface area contributed by atoms with Crippen molar-refractivity contribution >= 4 is 33.0 Å². The van der Waals surface area contributed by atoms with Gasteiger partial charge in [-0.2, -0.15) is 13.2 Å². The van der Waals surface area contributed by atoms with Gasteiger partial charge in [0.2, 0.25) is 0 Å². The van der Waals surface area contributed by atoms with E-state index in [0.717, 1.165) is 41.9 Å². The van der Waals surface area contributed by atoms with Gasteiger partial charge in [-0.3, -0.25) is 9.59 Å². The molecule has 3 aromatic rings. The van der Waals surface area contributed by atoms with Gasteiger partial charge in [0.1, 0.15) is 0 Å². The lowest BCUT2D eigenvalue weighted by Crippen LogP contribution is -2.28. The Labute approximate surface area is 187 Å². The Bertz CT molecular complexity index is 1320. The topological polar surface area (TPSA) is 83.6 Å². The Morgan fingerprint density at radius 2 is 1.45 bits per heavy atom. The monoisotopic (exact) mass is 474 g/mol. The molecule has 0 aromatic heterocycles. The van der Waals surface area contributed by atoms with Crippen LogP contribution in [0.1, 0.15) is 26.3 Å². The van der Waals surface area contributed by atoms with Crippen LogP contribution < -0.4 is 10.2 Å². The summed E-state index contributed by atoms with van der Waals surface area (Å²) in [4.78, 5) is 26.0. The van der Waals surface area contributed by atoms with E-state index in [4.69, 9.17) is 0 Å². The van der Waals surface area contributed by atoms with E-state index in [0.29, 0.717) is 17.8 Å². The Hall–Kier alpha value is -3.66. The first-order valence-electron chi connectivity index (χ1n) is 9.80. The van der Waals surface area contributed by atoms with Crippen molar-refractivity contribution in [1.29, 1.82) is 0 Å². The van der Waals surface area contributed by atoms with Gasteiger partial charge in [0.25, 0.3) is 21.7 Å². The second-order valence-corrected chi connectivity index (χ2v) is 9.28. The molecule has 1 aliphatic rings. The lowest BCUT2D eigenvalue weighted by atomic mass is 10.1. The number of sulfone groups is 1. The molecule has 1 aliphatic heterocycles. The van der Waals surface area contributed by atoms with E-state index in [-0.39, 0.29) is 11.5 Å². The number of rotatable bonds is 4. The van der Waals surface area contributed by atoms with Crippen molar-refractivity contribution in [2.45, 2.75) is 16.8 Å². The number of amides is 2. The highest BCUT2D eigenvalue weighted by atomic mass is 32.2. The summed E-state index contributed by atoms with van der Waals surface area (Å²) in [5, 5.41) is 2.56. The van der Waals surface area contributed by atoms with Gasteiger partial charge >= 0.3 is 5.51 Å². The standard InChI is InChI=1S/C23H17F3N2O4S/c24-23(25,26)33(31,32)19-11-7-16(8-12-19)21(29)27-18-9-5-17(6-10-18)22(30)28-14-13-15-3-1-2-4-20(15)28/h1-12H,13-14H2,(H,27,29). The number of hydrogen-bond donors (Lipinski definition) is 1. The van der Waals surface area contributed by atoms with Crippen LogP contribution in [0.3, 0.4) is 0 Å². The van der Waals surface area contributed by atoms with E-state index >= 15 is 0 Å². The third kappa shape index (κ3) is 4.34. The van der Waals surface area contributed by atoms with Crippen LogP contribution in [-0.4, -0.2) is 32.3 Å². The number of benzene rings is 3. The molecule has 170 valence electrons. The fourth-order valence-corrected chi connectivity index (χ4v) is 4.29. The van der Waals surface area contributed by atoms with E-state index in [9.17, 15) is 31.2 Å². The van der Waals surface area contributed by atoms with Gasteiger partial charge in [-0.1, -0.05) is 18.2 Å². The van der Waals surface area contributed by atoms with E-state index in [1.807, 2.05) is 24.3 Å². The molecule has 4 rings (SSSR count). The maximum absolute atomic E-state index is 12.9. The molecule has 0 atom stereocenters. The molecule has 3 aromatic carbocycles. The molecule has 1 N–H and O–H groups in total. The third-order valence-corrected chi connectivity index (χ3v) is 6.76. The smallest absolute Gasteiger partial charge is 0.322 e. The highest BCUT2D eigenvalue weighted by molar-refractivity contribution is 7.92. The van der Waals surface area contributed by atoms with Gasteiger partial charge in [-0.05, 0) is 66.6 Å². The average Bonchev–Trinajstić information content (AvgIpc) is 3.22. The number of carbonyl (C=O) groups excluding carboxylic acids is 2. The van der Waals surface area contributed by atoms with Crippen LogP contribution in [-0.2, 0) is 16.3 Å². The van der Waals surface area contributed by atoms with Crippen molar-refractivity contribution in [1.82, 2.24) is 0 Å². The van der Waals surface area contributed by atoms with Gasteiger partial charge < -0.3 is 10.2 Å². The van der Waals surface area contributed by atoms with Gasteiger partial charge in [0.05, 0.1) is 4.90 Å². The fraction of sp³-hybridized carbons (Fsp3) is 0.130. The minimum atomic E-state index is -5.48. The zero-order valence-electron chi connectivity index (χ0n) is 17.0. The molecule has 0 saturated carbocycles. The van der Waals surface area contributed by atoms with Gasteiger partial charge in [0, 0.05) is 29.0 Å². The zero-order chi connectivity index (χ0) is 23.8. The van der Waals surface area contributed by atoms with Crippen molar-refractivity contribution in [3.05, 3.63) is 89.5 Å². The predicted molar refractivity (Wildman–Crippen MR) is 116 cm³/mol. The van der Waals surface area contributed by atoms with Crippen LogP contribution in [0.15, 0.2) is 77.7 Å².